The molecular formula is C14H26NO10P. The molecule has 0 aromatic rings. The smallest absolute Gasteiger partial charge is 0.472 e. The van der Waals surface area contributed by atoms with Crippen molar-refractivity contribution < 1.29 is 47.5 Å². The summed E-state index contributed by atoms with van der Waals surface area (Å²) in [6.07, 6.45) is 0.258. The van der Waals surface area contributed by atoms with Gasteiger partial charge in [0.1, 0.15) is 12.6 Å². The van der Waals surface area contributed by atoms with Gasteiger partial charge >= 0.3 is 25.7 Å². The highest BCUT2D eigenvalue weighted by Gasteiger charge is 2.27. The summed E-state index contributed by atoms with van der Waals surface area (Å²) in [5, 5.41) is 8.59. The van der Waals surface area contributed by atoms with Gasteiger partial charge in [0.15, 0.2) is 6.10 Å². The molecule has 0 heterocycles. The van der Waals surface area contributed by atoms with Gasteiger partial charge in [-0.05, 0) is 12.8 Å². The molecule has 0 aromatic carbocycles. The van der Waals surface area contributed by atoms with Crippen molar-refractivity contribution in [2.75, 3.05) is 19.8 Å². The molecule has 0 saturated carbocycles. The van der Waals surface area contributed by atoms with Gasteiger partial charge in [-0.3, -0.25) is 23.4 Å². The quantitative estimate of drug-likeness (QED) is 0.276. The summed E-state index contributed by atoms with van der Waals surface area (Å²) < 4.78 is 30.8. The second-order valence-electron chi connectivity index (χ2n) is 5.30. The van der Waals surface area contributed by atoms with E-state index in [0.717, 1.165) is 0 Å². The largest absolute Gasteiger partial charge is 0.480 e. The van der Waals surface area contributed by atoms with E-state index in [1.165, 1.54) is 0 Å². The fraction of sp³-hybridized carbons (Fsp3) is 0.786. The first kappa shape index (κ1) is 24.5. The highest BCUT2D eigenvalue weighted by Crippen LogP contribution is 2.43. The van der Waals surface area contributed by atoms with Crippen LogP contribution in [0.1, 0.15) is 39.5 Å². The van der Waals surface area contributed by atoms with Gasteiger partial charge in [-0.15, -0.1) is 0 Å². The Morgan fingerprint density at radius 2 is 1.54 bits per heavy atom. The van der Waals surface area contributed by atoms with Crippen LogP contribution in [-0.2, 0) is 37.5 Å². The van der Waals surface area contributed by atoms with E-state index in [-0.39, 0.29) is 19.4 Å². The number of nitrogens with two attached hydrogens (primary N) is 1. The van der Waals surface area contributed by atoms with Crippen molar-refractivity contribution in [1.82, 2.24) is 0 Å². The Balaban J connectivity index is 4.62. The monoisotopic (exact) mass is 399 g/mol. The summed E-state index contributed by atoms with van der Waals surface area (Å²) in [4.78, 5) is 43.0. The third-order valence-electron chi connectivity index (χ3n) is 2.79. The van der Waals surface area contributed by atoms with Gasteiger partial charge < -0.3 is 25.2 Å². The predicted octanol–water partition coefficient (Wildman–Crippen LogP) is 0.587. The Bertz CT molecular complexity index is 512. The number of carboxylic acid groups (broad SMARTS) is 1. The first-order chi connectivity index (χ1) is 12.1. The lowest BCUT2D eigenvalue weighted by Crippen LogP contribution is -2.34. The highest BCUT2D eigenvalue weighted by molar-refractivity contribution is 7.47. The maximum Gasteiger partial charge on any atom is 0.472 e. The van der Waals surface area contributed by atoms with Crippen LogP contribution < -0.4 is 5.73 Å². The lowest BCUT2D eigenvalue weighted by molar-refractivity contribution is -0.161. The number of carbonyl (C=O) groups excluding carboxylic acids is 2. The Morgan fingerprint density at radius 1 is 1.00 bits per heavy atom. The predicted molar refractivity (Wildman–Crippen MR) is 88.0 cm³/mol. The zero-order chi connectivity index (χ0) is 20.2. The van der Waals surface area contributed by atoms with E-state index >= 15 is 0 Å². The summed E-state index contributed by atoms with van der Waals surface area (Å²) in [6, 6.07) is -1.51. The minimum atomic E-state index is -4.63. The molecule has 0 spiro atoms. The number of phosphoric ester groups is 1. The summed E-state index contributed by atoms with van der Waals surface area (Å²) >= 11 is 0. The molecule has 0 aliphatic heterocycles. The van der Waals surface area contributed by atoms with Crippen LogP contribution in [0.2, 0.25) is 0 Å². The van der Waals surface area contributed by atoms with E-state index in [1.54, 1.807) is 13.8 Å². The second kappa shape index (κ2) is 12.8. The van der Waals surface area contributed by atoms with Crippen molar-refractivity contribution in [3.8, 4) is 0 Å². The van der Waals surface area contributed by atoms with Crippen LogP contribution in [-0.4, -0.2) is 59.9 Å². The van der Waals surface area contributed by atoms with E-state index in [0.29, 0.717) is 12.8 Å². The van der Waals surface area contributed by atoms with Crippen LogP contribution in [0.15, 0.2) is 0 Å². The molecule has 0 bridgehead atoms. The van der Waals surface area contributed by atoms with Gasteiger partial charge in [-0.1, -0.05) is 13.8 Å². The SMILES string of the molecule is CCCC(=O)OCC(COP(=O)(O)OCC(N)C(=O)O)OC(=O)CCC. The van der Waals surface area contributed by atoms with Crippen molar-refractivity contribution >= 4 is 25.7 Å². The van der Waals surface area contributed by atoms with Gasteiger partial charge in [0.2, 0.25) is 0 Å². The minimum absolute atomic E-state index is 0.111. The Kier molecular flexibility index (Phi) is 12.0. The lowest BCUT2D eigenvalue weighted by atomic mass is 10.3. The first-order valence-electron chi connectivity index (χ1n) is 8.06. The molecule has 26 heavy (non-hydrogen) atoms. The van der Waals surface area contributed by atoms with Crippen LogP contribution in [0, 0.1) is 0 Å². The lowest BCUT2D eigenvalue weighted by Gasteiger charge is -2.20. The fourth-order valence-corrected chi connectivity index (χ4v) is 2.27. The Morgan fingerprint density at radius 3 is 2.08 bits per heavy atom. The summed E-state index contributed by atoms with van der Waals surface area (Å²) in [5.74, 6) is -2.52. The molecule has 0 aromatic heterocycles. The molecule has 152 valence electrons. The number of hydrogen-bond donors (Lipinski definition) is 3. The zero-order valence-corrected chi connectivity index (χ0v) is 15.7. The van der Waals surface area contributed by atoms with Gasteiger partial charge in [0.05, 0.1) is 13.2 Å². The molecule has 11 nitrogen and oxygen atoms in total. The highest BCUT2D eigenvalue weighted by atomic mass is 31.2. The Hall–Kier alpha value is -1.52. The number of esters is 2. The summed E-state index contributed by atoms with van der Waals surface area (Å²) in [6.45, 7) is 1.84. The zero-order valence-electron chi connectivity index (χ0n) is 14.8. The van der Waals surface area contributed by atoms with Crippen molar-refractivity contribution in [3.63, 3.8) is 0 Å². The molecule has 0 aliphatic rings. The topological polar surface area (TPSA) is 172 Å². The normalized spacial score (nSPS) is 15.5. The van der Waals surface area contributed by atoms with E-state index in [9.17, 15) is 23.8 Å². The average molecular weight is 399 g/mol. The van der Waals surface area contributed by atoms with Crippen LogP contribution in [0.25, 0.3) is 0 Å². The van der Waals surface area contributed by atoms with Gasteiger partial charge in [0, 0.05) is 12.8 Å². The maximum absolute atomic E-state index is 11.7. The number of rotatable bonds is 14. The molecule has 0 amide bonds. The number of phosphoric acid groups is 1. The Labute approximate surface area is 151 Å². The fourth-order valence-electron chi connectivity index (χ4n) is 1.49. The molecular weight excluding hydrogens is 373 g/mol. The second-order valence-corrected chi connectivity index (χ2v) is 6.75. The van der Waals surface area contributed by atoms with Crippen LogP contribution in [0.4, 0.5) is 0 Å². The van der Waals surface area contributed by atoms with E-state index in [2.05, 4.69) is 9.05 Å². The number of hydrogen-bond acceptors (Lipinski definition) is 9. The summed E-state index contributed by atoms with van der Waals surface area (Å²) in [5.41, 5.74) is 5.15. The molecule has 12 heteroatoms. The van der Waals surface area contributed by atoms with Gasteiger partial charge in [-0.2, -0.15) is 0 Å². The molecule has 0 radical (unpaired) electrons. The molecule has 3 unspecified atom stereocenters. The molecule has 0 aliphatic carbocycles. The number of carboxylic acids is 1. The molecule has 4 N–H and O–H groups in total. The standard InChI is InChI=1S/C14H26NO10P/c1-3-5-12(16)22-7-10(25-13(17)6-4-2)8-23-26(20,21)24-9-11(15)14(18)19/h10-11H,3-9,15H2,1-2H3,(H,18,19)(H,20,21). The van der Waals surface area contributed by atoms with Crippen molar-refractivity contribution in [2.45, 2.75) is 51.7 Å². The van der Waals surface area contributed by atoms with Crippen LogP contribution in [0.5, 0.6) is 0 Å². The van der Waals surface area contributed by atoms with Gasteiger partial charge in [-0.25, -0.2) is 4.57 Å². The van der Waals surface area contributed by atoms with E-state index in [1.807, 2.05) is 0 Å². The van der Waals surface area contributed by atoms with Gasteiger partial charge in [0.25, 0.3) is 0 Å². The number of carbonyl (C=O) groups is 3. The number of ether oxygens (including phenoxy) is 2. The average Bonchev–Trinajstić information content (AvgIpc) is 2.55. The molecule has 0 saturated heterocycles. The first-order valence-corrected chi connectivity index (χ1v) is 9.56. The van der Waals surface area contributed by atoms with Crippen molar-refractivity contribution in [3.05, 3.63) is 0 Å². The van der Waals surface area contributed by atoms with Crippen molar-refractivity contribution in [1.29, 1.82) is 0 Å². The van der Waals surface area contributed by atoms with Crippen LogP contribution in [0.3, 0.4) is 0 Å². The maximum atomic E-state index is 11.7. The van der Waals surface area contributed by atoms with Crippen molar-refractivity contribution in [2.24, 2.45) is 5.73 Å². The molecule has 0 fully saturated rings. The minimum Gasteiger partial charge on any atom is -0.480 e. The van der Waals surface area contributed by atoms with E-state index in [4.69, 9.17) is 20.3 Å². The number of aliphatic carboxylic acids is 1. The third kappa shape index (κ3) is 11.9. The summed E-state index contributed by atoms with van der Waals surface area (Å²) in [7, 11) is -4.63. The van der Waals surface area contributed by atoms with E-state index < -0.39 is 51.1 Å². The van der Waals surface area contributed by atoms with Crippen LogP contribution >= 0.6 is 7.82 Å². The molecule has 3 atom stereocenters. The third-order valence-corrected chi connectivity index (χ3v) is 3.75. The molecule has 0 rings (SSSR count).